The quantitative estimate of drug-likeness (QED) is 0.562. The third-order valence-corrected chi connectivity index (χ3v) is 4.11. The third kappa shape index (κ3) is 3.77. The van der Waals surface area contributed by atoms with Gasteiger partial charge in [0.2, 0.25) is 0 Å². The van der Waals surface area contributed by atoms with Crippen LogP contribution in [0.15, 0.2) is 45.3 Å². The second kappa shape index (κ2) is 6.95. The molecule has 6 heteroatoms. The highest BCUT2D eigenvalue weighted by atomic mass is 79.9. The fourth-order valence-electron chi connectivity index (χ4n) is 1.76. The molecule has 0 amide bonds. The lowest BCUT2D eigenvalue weighted by Crippen LogP contribution is -2.06. The maximum atomic E-state index is 11.8. The second-order valence-electron chi connectivity index (χ2n) is 4.24. The first-order valence-corrected chi connectivity index (χ1v) is 7.89. The third-order valence-electron chi connectivity index (χ3n) is 2.79. The number of esters is 1. The SMILES string of the molecule is CCOC(=O)c1ccc(N)c(Nc2c(Br)cccc2Br)c1. The normalized spacial score (nSPS) is 10.2. The predicted octanol–water partition coefficient (Wildman–Crippen LogP) is 4.71. The van der Waals surface area contributed by atoms with Crippen LogP contribution >= 0.6 is 31.9 Å². The monoisotopic (exact) mass is 412 g/mol. The highest BCUT2D eigenvalue weighted by Gasteiger charge is 2.11. The van der Waals surface area contributed by atoms with Crippen LogP contribution in [0, 0.1) is 0 Å². The zero-order valence-corrected chi connectivity index (χ0v) is 14.5. The maximum absolute atomic E-state index is 11.8. The Bertz CT molecular complexity index is 654. The van der Waals surface area contributed by atoms with Crippen LogP contribution in [0.3, 0.4) is 0 Å². The van der Waals surface area contributed by atoms with Gasteiger partial charge in [-0.1, -0.05) is 6.07 Å². The molecule has 0 bridgehead atoms. The lowest BCUT2D eigenvalue weighted by Gasteiger charge is -2.14. The van der Waals surface area contributed by atoms with Crippen LogP contribution in [0.2, 0.25) is 0 Å². The van der Waals surface area contributed by atoms with E-state index in [2.05, 4.69) is 37.2 Å². The number of ether oxygens (including phenoxy) is 1. The van der Waals surface area contributed by atoms with Gasteiger partial charge in [0.25, 0.3) is 0 Å². The number of nitrogen functional groups attached to an aromatic ring is 1. The minimum absolute atomic E-state index is 0.335. The Morgan fingerprint density at radius 1 is 1.24 bits per heavy atom. The van der Waals surface area contributed by atoms with Gasteiger partial charge in [0.05, 0.1) is 29.2 Å². The van der Waals surface area contributed by atoms with Crippen LogP contribution in [0.5, 0.6) is 0 Å². The van der Waals surface area contributed by atoms with E-state index in [0.29, 0.717) is 23.5 Å². The summed E-state index contributed by atoms with van der Waals surface area (Å²) in [6, 6.07) is 10.8. The molecule has 0 unspecified atom stereocenters. The summed E-state index contributed by atoms with van der Waals surface area (Å²) in [4.78, 5) is 11.8. The molecule has 2 rings (SSSR count). The van der Waals surface area contributed by atoms with E-state index in [4.69, 9.17) is 10.5 Å². The topological polar surface area (TPSA) is 64.3 Å². The molecule has 0 aliphatic rings. The number of para-hydroxylation sites is 1. The molecule has 3 N–H and O–H groups in total. The minimum atomic E-state index is -0.369. The van der Waals surface area contributed by atoms with E-state index >= 15 is 0 Å². The molecule has 2 aromatic carbocycles. The van der Waals surface area contributed by atoms with Gasteiger partial charge < -0.3 is 15.8 Å². The number of halogens is 2. The molecule has 0 fully saturated rings. The number of hydrogen-bond acceptors (Lipinski definition) is 4. The van der Waals surface area contributed by atoms with Crippen molar-refractivity contribution in [1.82, 2.24) is 0 Å². The smallest absolute Gasteiger partial charge is 0.338 e. The van der Waals surface area contributed by atoms with E-state index in [-0.39, 0.29) is 5.97 Å². The Hall–Kier alpha value is -1.53. The number of nitrogens with one attached hydrogen (secondary N) is 1. The molecule has 0 aliphatic carbocycles. The number of benzene rings is 2. The van der Waals surface area contributed by atoms with Crippen molar-refractivity contribution in [2.45, 2.75) is 6.92 Å². The lowest BCUT2D eigenvalue weighted by atomic mass is 10.1. The molecule has 0 saturated carbocycles. The van der Waals surface area contributed by atoms with Crippen LogP contribution in [-0.4, -0.2) is 12.6 Å². The molecule has 0 aromatic heterocycles. The van der Waals surface area contributed by atoms with Gasteiger partial charge in [-0.2, -0.15) is 0 Å². The minimum Gasteiger partial charge on any atom is -0.462 e. The zero-order chi connectivity index (χ0) is 15.4. The molecule has 0 heterocycles. The Labute approximate surface area is 139 Å². The number of anilines is 3. The zero-order valence-electron chi connectivity index (χ0n) is 11.3. The first kappa shape index (κ1) is 15.9. The fourth-order valence-corrected chi connectivity index (χ4v) is 2.95. The lowest BCUT2D eigenvalue weighted by molar-refractivity contribution is 0.0526. The molecular weight excluding hydrogens is 400 g/mol. The summed E-state index contributed by atoms with van der Waals surface area (Å²) in [5.74, 6) is -0.369. The van der Waals surface area contributed by atoms with Crippen LogP contribution in [0.25, 0.3) is 0 Å². The van der Waals surface area contributed by atoms with Gasteiger partial charge in [0.15, 0.2) is 0 Å². The molecule has 0 saturated heterocycles. The summed E-state index contributed by atoms with van der Waals surface area (Å²) in [6.45, 7) is 2.11. The standard InChI is InChI=1S/C15H14Br2N2O2/c1-2-21-15(20)9-6-7-12(18)13(8-9)19-14-10(16)4-3-5-11(14)17/h3-8,19H,2,18H2,1H3. The first-order valence-electron chi connectivity index (χ1n) is 6.30. The van der Waals surface area contributed by atoms with Gasteiger partial charge in [0, 0.05) is 8.95 Å². The highest BCUT2D eigenvalue weighted by Crippen LogP contribution is 2.35. The Morgan fingerprint density at radius 2 is 1.90 bits per heavy atom. The van der Waals surface area contributed by atoms with Crippen molar-refractivity contribution in [3.63, 3.8) is 0 Å². The predicted molar refractivity (Wildman–Crippen MR) is 91.9 cm³/mol. The molecule has 0 aliphatic heterocycles. The number of carbonyl (C=O) groups excluding carboxylic acids is 1. The van der Waals surface area contributed by atoms with E-state index in [9.17, 15) is 4.79 Å². The second-order valence-corrected chi connectivity index (χ2v) is 5.95. The molecule has 21 heavy (non-hydrogen) atoms. The molecular formula is C15H14Br2N2O2. The summed E-state index contributed by atoms with van der Waals surface area (Å²) >= 11 is 6.95. The van der Waals surface area contributed by atoms with Crippen LogP contribution < -0.4 is 11.1 Å². The van der Waals surface area contributed by atoms with Crippen molar-refractivity contribution in [3.05, 3.63) is 50.9 Å². The van der Waals surface area contributed by atoms with Crippen molar-refractivity contribution < 1.29 is 9.53 Å². The average Bonchev–Trinajstić information content (AvgIpc) is 2.45. The first-order chi connectivity index (χ1) is 10.0. The molecule has 0 spiro atoms. The molecule has 2 aromatic rings. The molecule has 110 valence electrons. The van der Waals surface area contributed by atoms with Gasteiger partial charge in [-0.15, -0.1) is 0 Å². The van der Waals surface area contributed by atoms with E-state index in [1.807, 2.05) is 18.2 Å². The summed E-state index contributed by atoms with van der Waals surface area (Å²) in [5, 5.41) is 3.22. The van der Waals surface area contributed by atoms with Crippen molar-refractivity contribution in [2.24, 2.45) is 0 Å². The average molecular weight is 414 g/mol. The van der Waals surface area contributed by atoms with Gasteiger partial charge in [0.1, 0.15) is 0 Å². The van der Waals surface area contributed by atoms with E-state index < -0.39 is 0 Å². The highest BCUT2D eigenvalue weighted by molar-refractivity contribution is 9.11. The molecule has 4 nitrogen and oxygen atoms in total. The van der Waals surface area contributed by atoms with Gasteiger partial charge in [-0.25, -0.2) is 4.79 Å². The Balaban J connectivity index is 2.35. The number of hydrogen-bond donors (Lipinski definition) is 2. The number of nitrogens with two attached hydrogens (primary N) is 1. The van der Waals surface area contributed by atoms with Gasteiger partial charge in [-0.3, -0.25) is 0 Å². The van der Waals surface area contributed by atoms with Crippen LogP contribution in [0.1, 0.15) is 17.3 Å². The maximum Gasteiger partial charge on any atom is 0.338 e. The number of carbonyl (C=O) groups is 1. The fraction of sp³-hybridized carbons (Fsp3) is 0.133. The van der Waals surface area contributed by atoms with Crippen LogP contribution in [0.4, 0.5) is 17.1 Å². The Kier molecular flexibility index (Phi) is 5.25. The molecule has 0 atom stereocenters. The van der Waals surface area contributed by atoms with Crippen molar-refractivity contribution >= 4 is 54.9 Å². The van der Waals surface area contributed by atoms with E-state index in [1.54, 1.807) is 25.1 Å². The van der Waals surface area contributed by atoms with Gasteiger partial charge in [-0.05, 0) is 69.1 Å². The summed E-state index contributed by atoms with van der Waals surface area (Å²) in [6.07, 6.45) is 0. The van der Waals surface area contributed by atoms with Crippen molar-refractivity contribution in [2.75, 3.05) is 17.7 Å². The van der Waals surface area contributed by atoms with Crippen LogP contribution in [-0.2, 0) is 4.74 Å². The largest absolute Gasteiger partial charge is 0.462 e. The van der Waals surface area contributed by atoms with Crippen molar-refractivity contribution in [3.8, 4) is 0 Å². The van der Waals surface area contributed by atoms with E-state index in [1.165, 1.54) is 0 Å². The Morgan fingerprint density at radius 3 is 2.52 bits per heavy atom. The number of rotatable bonds is 4. The van der Waals surface area contributed by atoms with Crippen molar-refractivity contribution in [1.29, 1.82) is 0 Å². The summed E-state index contributed by atoms with van der Waals surface area (Å²) in [5.41, 5.74) is 8.45. The summed E-state index contributed by atoms with van der Waals surface area (Å²) in [7, 11) is 0. The van der Waals surface area contributed by atoms with E-state index in [0.717, 1.165) is 14.6 Å². The summed E-state index contributed by atoms with van der Waals surface area (Å²) < 4.78 is 6.77. The van der Waals surface area contributed by atoms with Gasteiger partial charge >= 0.3 is 5.97 Å². The molecule has 0 radical (unpaired) electrons.